The zero-order valence-corrected chi connectivity index (χ0v) is 14.8. The minimum absolute atomic E-state index is 0. The number of nitrogens with two attached hydrogens (primary N) is 1. The normalized spacial score (nSPS) is 16.8. The van der Waals surface area contributed by atoms with Crippen LogP contribution in [0.1, 0.15) is 43.0 Å². The standard InChI is InChI=1S/C15H17F2N3O3S.ClH/c16-14(17)24(21,22)11-5-3-10(4-6-11)9-12-19-13(20-23-12)15(18)7-1-2-8-15;/h3-6,14H,1-2,7-9,18H2;1H. The van der Waals surface area contributed by atoms with Gasteiger partial charge in [-0.2, -0.15) is 13.8 Å². The molecule has 1 heterocycles. The molecule has 0 aliphatic heterocycles. The lowest BCUT2D eigenvalue weighted by Gasteiger charge is -2.17. The van der Waals surface area contributed by atoms with Crippen LogP contribution in [0.4, 0.5) is 8.78 Å². The molecule has 0 atom stereocenters. The molecule has 138 valence electrons. The van der Waals surface area contributed by atoms with E-state index < -0.39 is 26.0 Å². The van der Waals surface area contributed by atoms with Gasteiger partial charge < -0.3 is 10.3 Å². The summed E-state index contributed by atoms with van der Waals surface area (Å²) in [5.74, 6) is -2.60. The Labute approximate surface area is 150 Å². The van der Waals surface area contributed by atoms with Gasteiger partial charge in [-0.15, -0.1) is 12.4 Å². The zero-order valence-electron chi connectivity index (χ0n) is 13.2. The first-order chi connectivity index (χ1) is 11.3. The Balaban J connectivity index is 0.00000225. The molecule has 1 aliphatic carbocycles. The third-order valence-corrected chi connectivity index (χ3v) is 5.65. The minimum Gasteiger partial charge on any atom is -0.339 e. The van der Waals surface area contributed by atoms with Crippen molar-refractivity contribution in [3.63, 3.8) is 0 Å². The van der Waals surface area contributed by atoms with Gasteiger partial charge in [0.15, 0.2) is 5.82 Å². The molecule has 1 saturated carbocycles. The van der Waals surface area contributed by atoms with Crippen molar-refractivity contribution in [1.29, 1.82) is 0 Å². The average Bonchev–Trinajstić information content (AvgIpc) is 3.18. The van der Waals surface area contributed by atoms with Crippen LogP contribution in [0.25, 0.3) is 0 Å². The highest BCUT2D eigenvalue weighted by molar-refractivity contribution is 7.91. The molecule has 0 bridgehead atoms. The molecule has 10 heteroatoms. The van der Waals surface area contributed by atoms with Crippen molar-refractivity contribution in [3.8, 4) is 0 Å². The molecule has 1 aliphatic rings. The van der Waals surface area contributed by atoms with Crippen LogP contribution < -0.4 is 5.73 Å². The lowest BCUT2D eigenvalue weighted by Crippen LogP contribution is -2.34. The Morgan fingerprint density at radius 3 is 2.36 bits per heavy atom. The molecule has 6 nitrogen and oxygen atoms in total. The van der Waals surface area contributed by atoms with E-state index in [0.717, 1.165) is 37.8 Å². The lowest BCUT2D eigenvalue weighted by molar-refractivity contribution is 0.234. The quantitative estimate of drug-likeness (QED) is 0.838. The topological polar surface area (TPSA) is 99.1 Å². The number of hydrogen-bond acceptors (Lipinski definition) is 6. The summed E-state index contributed by atoms with van der Waals surface area (Å²) in [7, 11) is -4.58. The number of halogens is 3. The first-order valence-electron chi connectivity index (χ1n) is 7.54. The first kappa shape index (κ1) is 19.7. The fourth-order valence-electron chi connectivity index (χ4n) is 2.83. The van der Waals surface area contributed by atoms with Crippen LogP contribution in [-0.4, -0.2) is 24.3 Å². The van der Waals surface area contributed by atoms with Gasteiger partial charge in [-0.05, 0) is 30.5 Å². The molecular formula is C15H18ClF2N3O3S. The predicted octanol–water partition coefficient (Wildman–Crippen LogP) is 2.81. The Bertz CT molecular complexity index is 819. The summed E-state index contributed by atoms with van der Waals surface area (Å²) in [4.78, 5) is 3.90. The number of alkyl halides is 2. The van der Waals surface area contributed by atoms with Gasteiger partial charge >= 0.3 is 5.76 Å². The van der Waals surface area contributed by atoms with Gasteiger partial charge in [0.1, 0.15) is 0 Å². The van der Waals surface area contributed by atoms with E-state index in [4.69, 9.17) is 10.3 Å². The van der Waals surface area contributed by atoms with E-state index in [1.165, 1.54) is 12.1 Å². The zero-order chi connectivity index (χ0) is 17.4. The van der Waals surface area contributed by atoms with E-state index in [2.05, 4.69) is 10.1 Å². The summed E-state index contributed by atoms with van der Waals surface area (Å²) in [6.07, 6.45) is 3.96. The van der Waals surface area contributed by atoms with Gasteiger partial charge in [0.05, 0.1) is 16.9 Å². The second-order valence-electron chi connectivity index (χ2n) is 6.00. The molecule has 1 aromatic heterocycles. The summed E-state index contributed by atoms with van der Waals surface area (Å²) in [5, 5.41) is 3.94. The minimum atomic E-state index is -4.58. The molecule has 0 radical (unpaired) electrons. The highest BCUT2D eigenvalue weighted by Crippen LogP contribution is 2.34. The highest BCUT2D eigenvalue weighted by Gasteiger charge is 2.36. The van der Waals surface area contributed by atoms with Gasteiger partial charge in [-0.1, -0.05) is 30.1 Å². The van der Waals surface area contributed by atoms with Crippen LogP contribution in [0.2, 0.25) is 0 Å². The van der Waals surface area contributed by atoms with Gasteiger partial charge in [0, 0.05) is 0 Å². The lowest BCUT2D eigenvalue weighted by atomic mass is 9.99. The Morgan fingerprint density at radius 2 is 1.80 bits per heavy atom. The maximum Gasteiger partial charge on any atom is 0.341 e. The number of sulfone groups is 1. The van der Waals surface area contributed by atoms with Crippen molar-refractivity contribution in [2.45, 2.75) is 48.3 Å². The molecule has 25 heavy (non-hydrogen) atoms. The van der Waals surface area contributed by atoms with E-state index in [1.807, 2.05) is 0 Å². The maximum absolute atomic E-state index is 12.5. The van der Waals surface area contributed by atoms with Crippen LogP contribution in [0.5, 0.6) is 0 Å². The van der Waals surface area contributed by atoms with Crippen LogP contribution >= 0.6 is 12.4 Å². The summed E-state index contributed by atoms with van der Waals surface area (Å²) >= 11 is 0. The molecule has 0 spiro atoms. The number of aromatic nitrogens is 2. The van der Waals surface area contributed by atoms with E-state index in [9.17, 15) is 17.2 Å². The number of hydrogen-bond donors (Lipinski definition) is 1. The number of rotatable bonds is 5. The van der Waals surface area contributed by atoms with E-state index >= 15 is 0 Å². The third kappa shape index (κ3) is 3.99. The average molecular weight is 394 g/mol. The second kappa shape index (κ2) is 7.35. The molecule has 2 N–H and O–H groups in total. The number of nitrogens with zero attached hydrogens (tertiary/aromatic N) is 2. The van der Waals surface area contributed by atoms with Crippen molar-refractivity contribution >= 4 is 22.2 Å². The SMILES string of the molecule is Cl.NC1(c2noc(Cc3ccc(S(=O)(=O)C(F)F)cc3)n2)CCCC1. The molecule has 1 fully saturated rings. The van der Waals surface area contributed by atoms with Crippen molar-refractivity contribution in [2.75, 3.05) is 0 Å². The van der Waals surface area contributed by atoms with Crippen molar-refractivity contribution in [3.05, 3.63) is 41.5 Å². The Morgan fingerprint density at radius 1 is 1.20 bits per heavy atom. The second-order valence-corrected chi connectivity index (χ2v) is 7.92. The molecule has 1 aromatic carbocycles. The third-order valence-electron chi connectivity index (χ3n) is 4.25. The van der Waals surface area contributed by atoms with Gasteiger partial charge in [0.25, 0.3) is 0 Å². The molecular weight excluding hydrogens is 376 g/mol. The summed E-state index contributed by atoms with van der Waals surface area (Å²) in [6, 6.07) is 5.20. The van der Waals surface area contributed by atoms with E-state index in [-0.39, 0.29) is 18.8 Å². The molecule has 0 amide bonds. The predicted molar refractivity (Wildman–Crippen MR) is 88.3 cm³/mol. The summed E-state index contributed by atoms with van der Waals surface area (Å²) < 4.78 is 53.0. The summed E-state index contributed by atoms with van der Waals surface area (Å²) in [5.41, 5.74) is 6.39. The van der Waals surface area contributed by atoms with Crippen LogP contribution in [0.3, 0.4) is 0 Å². The maximum atomic E-state index is 12.5. The Kier molecular flexibility index (Phi) is 5.80. The first-order valence-corrected chi connectivity index (χ1v) is 9.09. The molecule has 0 saturated heterocycles. The Hall–Kier alpha value is -1.58. The molecule has 2 aromatic rings. The fourth-order valence-corrected chi connectivity index (χ4v) is 3.55. The van der Waals surface area contributed by atoms with Gasteiger partial charge in [-0.3, -0.25) is 0 Å². The summed E-state index contributed by atoms with van der Waals surface area (Å²) in [6.45, 7) is 0. The fraction of sp³-hybridized carbons (Fsp3) is 0.467. The largest absolute Gasteiger partial charge is 0.341 e. The van der Waals surface area contributed by atoms with Gasteiger partial charge in [-0.25, -0.2) is 8.42 Å². The highest BCUT2D eigenvalue weighted by atomic mass is 35.5. The smallest absolute Gasteiger partial charge is 0.339 e. The van der Waals surface area contributed by atoms with Crippen molar-refractivity contribution in [1.82, 2.24) is 10.1 Å². The van der Waals surface area contributed by atoms with E-state index in [0.29, 0.717) is 17.3 Å². The van der Waals surface area contributed by atoms with E-state index in [1.54, 1.807) is 0 Å². The monoisotopic (exact) mass is 393 g/mol. The molecule has 3 rings (SSSR count). The van der Waals surface area contributed by atoms with Crippen molar-refractivity contribution < 1.29 is 21.7 Å². The van der Waals surface area contributed by atoms with Gasteiger partial charge in [0.2, 0.25) is 15.7 Å². The van der Waals surface area contributed by atoms with Crippen molar-refractivity contribution in [2.24, 2.45) is 5.73 Å². The van der Waals surface area contributed by atoms with Crippen LogP contribution in [-0.2, 0) is 21.8 Å². The van der Waals surface area contributed by atoms with Crippen LogP contribution in [0.15, 0.2) is 33.7 Å². The van der Waals surface area contributed by atoms with Crippen LogP contribution in [0, 0.1) is 0 Å². The number of benzene rings is 1. The molecule has 0 unspecified atom stereocenters.